The maximum absolute atomic E-state index is 4.21. The molecule has 3 heteroatoms. The molecule has 92 valence electrons. The summed E-state index contributed by atoms with van der Waals surface area (Å²) in [5.74, 6) is 0.900. The fourth-order valence-electron chi connectivity index (χ4n) is 3.12. The van der Waals surface area contributed by atoms with E-state index >= 15 is 0 Å². The molecule has 0 aromatic carbocycles. The summed E-state index contributed by atoms with van der Waals surface area (Å²) in [5, 5.41) is 3.73. The average molecular weight is 231 g/mol. The van der Waals surface area contributed by atoms with Crippen molar-refractivity contribution in [3.63, 3.8) is 0 Å². The summed E-state index contributed by atoms with van der Waals surface area (Å²) in [6, 6.07) is 2.78. The molecule has 1 aromatic rings. The maximum atomic E-state index is 4.21. The van der Waals surface area contributed by atoms with Crippen LogP contribution in [0.4, 0.5) is 0 Å². The number of fused-ring (bicyclic) bond motifs is 3. The molecule has 3 nitrogen and oxygen atoms in total. The number of pyridine rings is 1. The first kappa shape index (κ1) is 11.2. The molecule has 1 aromatic heterocycles. The Hall–Kier alpha value is -0.930. The molecule has 4 rings (SSSR count). The van der Waals surface area contributed by atoms with E-state index < -0.39 is 0 Å². The topological polar surface area (TPSA) is 28.2 Å². The highest BCUT2D eigenvalue weighted by Gasteiger charge is 2.33. The first-order chi connectivity index (χ1) is 8.33. The first-order valence-electron chi connectivity index (χ1n) is 6.68. The van der Waals surface area contributed by atoms with Crippen LogP contribution in [0.25, 0.3) is 0 Å². The summed E-state index contributed by atoms with van der Waals surface area (Å²) in [4.78, 5) is 6.80. The Labute approximate surface area is 103 Å². The van der Waals surface area contributed by atoms with Crippen LogP contribution in [-0.2, 0) is 6.54 Å². The minimum absolute atomic E-state index is 0.692. The fraction of sp³-hybridized carbons (Fsp3) is 0.643. The summed E-state index contributed by atoms with van der Waals surface area (Å²) >= 11 is 0. The van der Waals surface area contributed by atoms with Crippen LogP contribution in [0.3, 0.4) is 0 Å². The minimum atomic E-state index is 0.692. The molecular formula is C14H21N3. The number of aromatic nitrogens is 1. The Balaban J connectivity index is 1.60. The molecule has 0 radical (unpaired) electrons. The summed E-state index contributed by atoms with van der Waals surface area (Å²) < 4.78 is 0. The third-order valence-corrected chi connectivity index (χ3v) is 4.36. The molecule has 1 N–H and O–H groups in total. The lowest BCUT2D eigenvalue weighted by molar-refractivity contribution is 0.0720. The molecule has 0 saturated carbocycles. The molecule has 4 heterocycles. The molecule has 1 unspecified atom stereocenters. The monoisotopic (exact) mass is 231 g/mol. The van der Waals surface area contributed by atoms with Crippen molar-refractivity contribution in [3.05, 3.63) is 29.6 Å². The van der Waals surface area contributed by atoms with E-state index in [-0.39, 0.29) is 0 Å². The summed E-state index contributed by atoms with van der Waals surface area (Å²) in [6.45, 7) is 7.00. The fourth-order valence-corrected chi connectivity index (χ4v) is 3.12. The minimum Gasteiger partial charge on any atom is -0.308 e. The molecular weight excluding hydrogens is 210 g/mol. The van der Waals surface area contributed by atoms with Gasteiger partial charge in [0.05, 0.1) is 0 Å². The van der Waals surface area contributed by atoms with Gasteiger partial charge in [-0.05, 0) is 56.0 Å². The number of hydrogen-bond donors (Lipinski definition) is 1. The van der Waals surface area contributed by atoms with Gasteiger partial charge < -0.3 is 10.2 Å². The highest BCUT2D eigenvalue weighted by atomic mass is 15.2. The third kappa shape index (κ3) is 2.35. The summed E-state index contributed by atoms with van der Waals surface area (Å²) in [6.07, 6.45) is 6.62. The molecule has 3 aliphatic rings. The summed E-state index contributed by atoms with van der Waals surface area (Å²) in [7, 11) is 0. The highest BCUT2D eigenvalue weighted by molar-refractivity contribution is 5.21. The molecule has 2 bridgehead atoms. The van der Waals surface area contributed by atoms with E-state index in [0.717, 1.165) is 12.5 Å². The molecule has 3 aliphatic heterocycles. The number of nitrogens with one attached hydrogen (secondary N) is 1. The lowest BCUT2D eigenvalue weighted by atomic mass is 9.84. The molecule has 0 spiro atoms. The van der Waals surface area contributed by atoms with Crippen molar-refractivity contribution >= 4 is 0 Å². The summed E-state index contributed by atoms with van der Waals surface area (Å²) in [5.41, 5.74) is 2.68. The number of hydrogen-bond acceptors (Lipinski definition) is 3. The Kier molecular flexibility index (Phi) is 3.12. The van der Waals surface area contributed by atoms with Crippen molar-refractivity contribution in [3.8, 4) is 0 Å². The van der Waals surface area contributed by atoms with Gasteiger partial charge in [0, 0.05) is 31.5 Å². The normalized spacial score (nSPS) is 31.7. The van der Waals surface area contributed by atoms with Gasteiger partial charge in [0.1, 0.15) is 0 Å². The van der Waals surface area contributed by atoms with Crippen LogP contribution in [0.1, 0.15) is 24.0 Å². The number of rotatable bonds is 3. The van der Waals surface area contributed by atoms with Crippen LogP contribution in [0.5, 0.6) is 0 Å². The SMILES string of the molecule is Cc1ccncc1CNC1CN2CCC1CC2. The second-order valence-corrected chi connectivity index (χ2v) is 5.43. The van der Waals surface area contributed by atoms with Crippen molar-refractivity contribution in [1.29, 1.82) is 0 Å². The van der Waals surface area contributed by atoms with E-state index in [1.54, 1.807) is 0 Å². The van der Waals surface area contributed by atoms with Crippen molar-refractivity contribution in [2.45, 2.75) is 32.4 Å². The van der Waals surface area contributed by atoms with Gasteiger partial charge in [0.15, 0.2) is 0 Å². The van der Waals surface area contributed by atoms with Gasteiger partial charge >= 0.3 is 0 Å². The standard InChI is InChI=1S/C14H21N3/c1-11-2-5-15-8-13(11)9-16-14-10-17-6-3-12(14)4-7-17/h2,5,8,12,14,16H,3-4,6-7,9-10H2,1H3. The molecule has 0 amide bonds. The van der Waals surface area contributed by atoms with Crippen LogP contribution in [0.15, 0.2) is 18.5 Å². The third-order valence-electron chi connectivity index (χ3n) is 4.36. The van der Waals surface area contributed by atoms with E-state index in [1.807, 2.05) is 12.4 Å². The van der Waals surface area contributed by atoms with Crippen LogP contribution < -0.4 is 5.32 Å². The van der Waals surface area contributed by atoms with Gasteiger partial charge in [-0.25, -0.2) is 0 Å². The molecule has 3 fully saturated rings. The Morgan fingerprint density at radius 3 is 2.88 bits per heavy atom. The highest BCUT2D eigenvalue weighted by Crippen LogP contribution is 2.27. The molecule has 1 atom stereocenters. The lowest BCUT2D eigenvalue weighted by Crippen LogP contribution is -2.55. The molecule has 0 aliphatic carbocycles. The number of aryl methyl sites for hydroxylation is 1. The van der Waals surface area contributed by atoms with Crippen LogP contribution in [0, 0.1) is 12.8 Å². The Morgan fingerprint density at radius 1 is 1.41 bits per heavy atom. The van der Waals surface area contributed by atoms with Gasteiger partial charge in [-0.2, -0.15) is 0 Å². The second-order valence-electron chi connectivity index (χ2n) is 5.43. The van der Waals surface area contributed by atoms with Gasteiger partial charge in [-0.15, -0.1) is 0 Å². The quantitative estimate of drug-likeness (QED) is 0.856. The zero-order chi connectivity index (χ0) is 11.7. The van der Waals surface area contributed by atoms with Gasteiger partial charge in [-0.3, -0.25) is 4.98 Å². The van der Waals surface area contributed by atoms with Crippen LogP contribution in [-0.4, -0.2) is 35.6 Å². The predicted octanol–water partition coefficient (Wildman–Crippen LogP) is 1.57. The lowest BCUT2D eigenvalue weighted by Gasteiger charge is -2.45. The first-order valence-corrected chi connectivity index (χ1v) is 6.68. The zero-order valence-corrected chi connectivity index (χ0v) is 10.5. The smallest absolute Gasteiger partial charge is 0.0315 e. The predicted molar refractivity (Wildman–Crippen MR) is 68.8 cm³/mol. The Bertz CT molecular complexity index is 383. The zero-order valence-electron chi connectivity index (χ0n) is 10.5. The van der Waals surface area contributed by atoms with Gasteiger partial charge in [0.2, 0.25) is 0 Å². The van der Waals surface area contributed by atoms with E-state index in [2.05, 4.69) is 28.2 Å². The van der Waals surface area contributed by atoms with Crippen molar-refractivity contribution in [1.82, 2.24) is 15.2 Å². The van der Waals surface area contributed by atoms with Crippen LogP contribution >= 0.6 is 0 Å². The Morgan fingerprint density at radius 2 is 2.24 bits per heavy atom. The van der Waals surface area contributed by atoms with Gasteiger partial charge in [-0.1, -0.05) is 0 Å². The van der Waals surface area contributed by atoms with E-state index in [0.29, 0.717) is 6.04 Å². The van der Waals surface area contributed by atoms with E-state index in [4.69, 9.17) is 0 Å². The van der Waals surface area contributed by atoms with Crippen molar-refractivity contribution in [2.75, 3.05) is 19.6 Å². The largest absolute Gasteiger partial charge is 0.308 e. The van der Waals surface area contributed by atoms with Crippen molar-refractivity contribution < 1.29 is 0 Å². The van der Waals surface area contributed by atoms with E-state index in [9.17, 15) is 0 Å². The van der Waals surface area contributed by atoms with E-state index in [1.165, 1.54) is 43.6 Å². The number of nitrogens with zero attached hydrogens (tertiary/aromatic N) is 2. The van der Waals surface area contributed by atoms with Crippen molar-refractivity contribution in [2.24, 2.45) is 5.92 Å². The number of piperidine rings is 3. The van der Waals surface area contributed by atoms with Crippen LogP contribution in [0.2, 0.25) is 0 Å². The maximum Gasteiger partial charge on any atom is 0.0315 e. The second kappa shape index (κ2) is 4.75. The average Bonchev–Trinajstić information content (AvgIpc) is 2.39. The molecule has 17 heavy (non-hydrogen) atoms. The van der Waals surface area contributed by atoms with Gasteiger partial charge in [0.25, 0.3) is 0 Å². The molecule has 3 saturated heterocycles.